The molecule has 0 aliphatic heterocycles. The Labute approximate surface area is 93.9 Å². The van der Waals surface area contributed by atoms with Gasteiger partial charge in [0.05, 0.1) is 19.1 Å². The fourth-order valence-electron chi connectivity index (χ4n) is 1.42. The van der Waals surface area contributed by atoms with Crippen molar-refractivity contribution in [2.75, 3.05) is 6.61 Å². The predicted molar refractivity (Wildman–Crippen MR) is 57.3 cm³/mol. The molecule has 0 amide bonds. The van der Waals surface area contributed by atoms with Crippen LogP contribution in [0.25, 0.3) is 0 Å². The van der Waals surface area contributed by atoms with E-state index in [0.29, 0.717) is 5.56 Å². The zero-order valence-corrected chi connectivity index (χ0v) is 9.37. The fourth-order valence-corrected chi connectivity index (χ4v) is 1.42. The van der Waals surface area contributed by atoms with Crippen molar-refractivity contribution in [2.45, 2.75) is 26.4 Å². The maximum atomic E-state index is 13.6. The van der Waals surface area contributed by atoms with Gasteiger partial charge in [-0.1, -0.05) is 18.2 Å². The summed E-state index contributed by atoms with van der Waals surface area (Å²) >= 11 is 0. The van der Waals surface area contributed by atoms with E-state index >= 15 is 0 Å². The van der Waals surface area contributed by atoms with Crippen LogP contribution in [0.15, 0.2) is 18.2 Å². The summed E-state index contributed by atoms with van der Waals surface area (Å²) in [5.41, 5.74) is 0.577. The number of aliphatic hydroxyl groups is 1. The van der Waals surface area contributed by atoms with Crippen molar-refractivity contribution in [2.24, 2.45) is 0 Å². The van der Waals surface area contributed by atoms with Crippen LogP contribution in [-0.2, 0) is 9.53 Å². The summed E-state index contributed by atoms with van der Waals surface area (Å²) in [6, 6.07) is 4.71. The molecule has 0 heterocycles. The first-order valence-corrected chi connectivity index (χ1v) is 5.15. The smallest absolute Gasteiger partial charge is 0.308 e. The zero-order chi connectivity index (χ0) is 12.1. The fraction of sp³-hybridized carbons (Fsp3) is 0.417. The van der Waals surface area contributed by atoms with Crippen LogP contribution in [0, 0.1) is 12.7 Å². The molecule has 4 heteroatoms. The lowest BCUT2D eigenvalue weighted by Gasteiger charge is -2.12. The molecule has 1 unspecified atom stereocenters. The van der Waals surface area contributed by atoms with Gasteiger partial charge in [-0.3, -0.25) is 4.79 Å². The van der Waals surface area contributed by atoms with Crippen LogP contribution in [0.4, 0.5) is 4.39 Å². The molecule has 0 aliphatic rings. The maximum Gasteiger partial charge on any atom is 0.308 e. The SMILES string of the molecule is CCOC(=O)CC(O)c1cccc(C)c1F. The second-order valence-electron chi connectivity index (χ2n) is 3.50. The van der Waals surface area contributed by atoms with Gasteiger partial charge < -0.3 is 9.84 Å². The third-order valence-electron chi connectivity index (χ3n) is 2.25. The van der Waals surface area contributed by atoms with Gasteiger partial charge in [0.25, 0.3) is 0 Å². The minimum Gasteiger partial charge on any atom is -0.466 e. The summed E-state index contributed by atoms with van der Waals surface area (Å²) in [5.74, 6) is -1.00. The molecule has 0 fully saturated rings. The van der Waals surface area contributed by atoms with Gasteiger partial charge in [0.15, 0.2) is 0 Å². The molecule has 0 saturated heterocycles. The zero-order valence-electron chi connectivity index (χ0n) is 9.37. The lowest BCUT2D eigenvalue weighted by molar-refractivity contribution is -0.145. The molecule has 1 atom stereocenters. The van der Waals surface area contributed by atoms with Crippen LogP contribution in [0.5, 0.6) is 0 Å². The molecule has 1 N–H and O–H groups in total. The molecule has 0 aromatic heterocycles. The van der Waals surface area contributed by atoms with Crippen LogP contribution in [-0.4, -0.2) is 17.7 Å². The van der Waals surface area contributed by atoms with E-state index in [0.717, 1.165) is 0 Å². The summed E-state index contributed by atoms with van der Waals surface area (Å²) < 4.78 is 18.3. The van der Waals surface area contributed by atoms with Crippen molar-refractivity contribution in [3.05, 3.63) is 35.1 Å². The molecule has 0 spiro atoms. The highest BCUT2D eigenvalue weighted by Crippen LogP contribution is 2.22. The quantitative estimate of drug-likeness (QED) is 0.800. The highest BCUT2D eigenvalue weighted by atomic mass is 19.1. The molecule has 1 aromatic rings. The number of aryl methyl sites for hydroxylation is 1. The summed E-state index contributed by atoms with van der Waals surface area (Å²) in [7, 11) is 0. The average molecular weight is 226 g/mol. The number of esters is 1. The highest BCUT2D eigenvalue weighted by Gasteiger charge is 2.18. The average Bonchev–Trinajstić information content (AvgIpc) is 2.22. The maximum absolute atomic E-state index is 13.6. The predicted octanol–water partition coefficient (Wildman–Crippen LogP) is 2.12. The molecular formula is C12H15FO3. The number of halogens is 1. The standard InChI is InChI=1S/C12H15FO3/c1-3-16-11(15)7-10(14)9-6-4-5-8(2)12(9)13/h4-6,10,14H,3,7H2,1-2H3. The number of ether oxygens (including phenoxy) is 1. The topological polar surface area (TPSA) is 46.5 Å². The Balaban J connectivity index is 2.76. The van der Waals surface area contributed by atoms with Crippen molar-refractivity contribution < 1.29 is 19.0 Å². The van der Waals surface area contributed by atoms with Gasteiger partial charge >= 0.3 is 5.97 Å². The summed E-state index contributed by atoms with van der Waals surface area (Å²) in [6.45, 7) is 3.54. The minimum absolute atomic E-state index is 0.132. The first-order chi connectivity index (χ1) is 7.56. The van der Waals surface area contributed by atoms with Gasteiger partial charge in [0.2, 0.25) is 0 Å². The van der Waals surface area contributed by atoms with E-state index in [1.807, 2.05) is 0 Å². The second-order valence-corrected chi connectivity index (χ2v) is 3.50. The van der Waals surface area contributed by atoms with E-state index in [-0.39, 0.29) is 18.6 Å². The molecule has 1 aromatic carbocycles. The molecule has 0 aliphatic carbocycles. The van der Waals surface area contributed by atoms with Crippen molar-refractivity contribution in [1.82, 2.24) is 0 Å². The molecule has 1 rings (SSSR count). The summed E-state index contributed by atoms with van der Waals surface area (Å²) in [6.07, 6.45) is -1.38. The van der Waals surface area contributed by atoms with Gasteiger partial charge in [-0.2, -0.15) is 0 Å². The number of carbonyl (C=O) groups is 1. The Morgan fingerprint density at radius 2 is 2.25 bits per heavy atom. The number of aliphatic hydroxyl groups excluding tert-OH is 1. The lowest BCUT2D eigenvalue weighted by atomic mass is 10.0. The number of hydrogen-bond donors (Lipinski definition) is 1. The number of carbonyl (C=O) groups excluding carboxylic acids is 1. The van der Waals surface area contributed by atoms with Gasteiger partial charge in [0.1, 0.15) is 5.82 Å². The van der Waals surface area contributed by atoms with Crippen molar-refractivity contribution in [3.8, 4) is 0 Å². The third kappa shape index (κ3) is 3.03. The Bertz CT molecular complexity index is 377. The normalized spacial score (nSPS) is 12.2. The molecule has 0 radical (unpaired) electrons. The third-order valence-corrected chi connectivity index (χ3v) is 2.25. The Morgan fingerprint density at radius 3 is 2.88 bits per heavy atom. The highest BCUT2D eigenvalue weighted by molar-refractivity contribution is 5.70. The molecule has 3 nitrogen and oxygen atoms in total. The van der Waals surface area contributed by atoms with Gasteiger partial charge in [-0.25, -0.2) is 4.39 Å². The van der Waals surface area contributed by atoms with E-state index in [1.54, 1.807) is 26.0 Å². The Kier molecular flexibility index (Phi) is 4.43. The monoisotopic (exact) mass is 226 g/mol. The molecule has 0 bridgehead atoms. The Hall–Kier alpha value is -1.42. The Morgan fingerprint density at radius 1 is 1.56 bits per heavy atom. The minimum atomic E-state index is -1.15. The molecule has 88 valence electrons. The molecule has 0 saturated carbocycles. The van der Waals surface area contributed by atoms with Crippen LogP contribution in [0.2, 0.25) is 0 Å². The largest absolute Gasteiger partial charge is 0.466 e. The van der Waals surface area contributed by atoms with E-state index < -0.39 is 17.9 Å². The first kappa shape index (κ1) is 12.6. The first-order valence-electron chi connectivity index (χ1n) is 5.15. The van der Waals surface area contributed by atoms with E-state index in [4.69, 9.17) is 0 Å². The summed E-state index contributed by atoms with van der Waals surface area (Å²) in [5, 5.41) is 9.68. The van der Waals surface area contributed by atoms with Crippen LogP contribution in [0.3, 0.4) is 0 Å². The van der Waals surface area contributed by atoms with Crippen LogP contribution in [0.1, 0.15) is 30.6 Å². The summed E-state index contributed by atoms with van der Waals surface area (Å²) in [4.78, 5) is 11.1. The number of hydrogen-bond acceptors (Lipinski definition) is 3. The van der Waals surface area contributed by atoms with Crippen LogP contribution < -0.4 is 0 Å². The second kappa shape index (κ2) is 5.61. The van der Waals surface area contributed by atoms with Crippen molar-refractivity contribution >= 4 is 5.97 Å². The van der Waals surface area contributed by atoms with E-state index in [9.17, 15) is 14.3 Å². The van der Waals surface area contributed by atoms with Crippen LogP contribution >= 0.6 is 0 Å². The number of rotatable bonds is 4. The lowest BCUT2D eigenvalue weighted by Crippen LogP contribution is -2.11. The number of benzene rings is 1. The van der Waals surface area contributed by atoms with Crippen molar-refractivity contribution in [1.29, 1.82) is 0 Å². The van der Waals surface area contributed by atoms with Gasteiger partial charge in [-0.15, -0.1) is 0 Å². The van der Waals surface area contributed by atoms with E-state index in [2.05, 4.69) is 4.74 Å². The van der Waals surface area contributed by atoms with Gasteiger partial charge in [-0.05, 0) is 19.4 Å². The molecule has 16 heavy (non-hydrogen) atoms. The van der Waals surface area contributed by atoms with Gasteiger partial charge in [0, 0.05) is 5.56 Å². The molecular weight excluding hydrogens is 211 g/mol. The van der Waals surface area contributed by atoms with E-state index in [1.165, 1.54) is 6.07 Å². The van der Waals surface area contributed by atoms with Crippen molar-refractivity contribution in [3.63, 3.8) is 0 Å².